The summed E-state index contributed by atoms with van der Waals surface area (Å²) in [5, 5.41) is 0. The molecule has 0 radical (unpaired) electrons. The molecule has 0 aliphatic carbocycles. The van der Waals surface area contributed by atoms with Crippen LogP contribution in [0.5, 0.6) is 23.0 Å². The van der Waals surface area contributed by atoms with Crippen molar-refractivity contribution in [1.29, 1.82) is 0 Å². The Morgan fingerprint density at radius 3 is 1.50 bits per heavy atom. The lowest BCUT2D eigenvalue weighted by Crippen LogP contribution is -1.96. The number of benzene rings is 2. The first-order valence-electron chi connectivity index (χ1n) is 8.67. The van der Waals surface area contributed by atoms with E-state index >= 15 is 0 Å². The second kappa shape index (κ2) is 9.17. The van der Waals surface area contributed by atoms with Gasteiger partial charge in [0, 0.05) is 8.95 Å². The first-order valence-corrected chi connectivity index (χ1v) is 10.3. The molecule has 2 aliphatic rings. The van der Waals surface area contributed by atoms with Crippen molar-refractivity contribution < 1.29 is 28.4 Å². The molecule has 2 aromatic carbocycles. The molecule has 2 aliphatic heterocycles. The topological polar surface area (TPSA) is 55.4 Å². The smallest absolute Gasteiger partial charge is 0.231 e. The van der Waals surface area contributed by atoms with E-state index in [1.54, 1.807) is 0 Å². The minimum Gasteiger partial charge on any atom is -0.454 e. The molecule has 6 nitrogen and oxygen atoms in total. The van der Waals surface area contributed by atoms with E-state index < -0.39 is 0 Å². The van der Waals surface area contributed by atoms with Gasteiger partial charge < -0.3 is 28.4 Å². The van der Waals surface area contributed by atoms with Crippen molar-refractivity contribution in [2.45, 2.75) is 13.2 Å². The standard InChI is InChI=1S/C20H18Br2O6/c21-15-7-19-17(25-11-27-19)5-13(15)9-23-3-1-2-4-24-10-14-6-18-20(8-16(14)22)28-12-26-18/h1-2,5-8H,3-4,9-12H2/b2-1-. The van der Waals surface area contributed by atoms with E-state index in [0.717, 1.165) is 43.1 Å². The van der Waals surface area contributed by atoms with Gasteiger partial charge >= 0.3 is 0 Å². The van der Waals surface area contributed by atoms with Crippen molar-refractivity contribution in [2.24, 2.45) is 0 Å². The molecule has 0 N–H and O–H groups in total. The van der Waals surface area contributed by atoms with E-state index in [-0.39, 0.29) is 13.6 Å². The molecule has 0 saturated heterocycles. The molecule has 0 aromatic heterocycles. The molecule has 28 heavy (non-hydrogen) atoms. The Balaban J connectivity index is 1.17. The average molecular weight is 514 g/mol. The molecule has 0 saturated carbocycles. The van der Waals surface area contributed by atoms with Crippen LogP contribution in [0.3, 0.4) is 0 Å². The number of hydrogen-bond donors (Lipinski definition) is 0. The highest BCUT2D eigenvalue weighted by molar-refractivity contribution is 9.10. The lowest BCUT2D eigenvalue weighted by atomic mass is 10.2. The second-order valence-electron chi connectivity index (χ2n) is 6.10. The Morgan fingerprint density at radius 1 is 0.679 bits per heavy atom. The molecule has 2 aromatic rings. The zero-order valence-corrected chi connectivity index (χ0v) is 18.1. The summed E-state index contributed by atoms with van der Waals surface area (Å²) >= 11 is 7.05. The number of halogens is 2. The molecule has 8 heteroatoms. The maximum atomic E-state index is 5.69. The molecule has 4 rings (SSSR count). The summed E-state index contributed by atoms with van der Waals surface area (Å²) < 4.78 is 34.7. The zero-order valence-electron chi connectivity index (χ0n) is 14.9. The molecule has 0 atom stereocenters. The summed E-state index contributed by atoms with van der Waals surface area (Å²) in [5.74, 6) is 3.00. The maximum Gasteiger partial charge on any atom is 0.231 e. The zero-order chi connectivity index (χ0) is 19.3. The summed E-state index contributed by atoms with van der Waals surface area (Å²) in [4.78, 5) is 0. The number of hydrogen-bond acceptors (Lipinski definition) is 6. The van der Waals surface area contributed by atoms with Gasteiger partial charge in [0.25, 0.3) is 0 Å². The molecular formula is C20H18Br2O6. The van der Waals surface area contributed by atoms with Crippen molar-refractivity contribution in [3.8, 4) is 23.0 Å². The largest absolute Gasteiger partial charge is 0.454 e. The fraction of sp³-hybridized carbons (Fsp3) is 0.300. The normalized spacial score (nSPS) is 14.2. The first-order chi connectivity index (χ1) is 13.7. The number of rotatable bonds is 8. The fourth-order valence-corrected chi connectivity index (χ4v) is 3.62. The molecule has 2 heterocycles. The van der Waals surface area contributed by atoms with Crippen LogP contribution < -0.4 is 18.9 Å². The van der Waals surface area contributed by atoms with Gasteiger partial charge in [0.05, 0.1) is 26.4 Å². The minimum atomic E-state index is 0.262. The SMILES string of the molecule is Brc1cc2c(cc1COC/C=C\COCc1cc3c(cc1Br)OCO3)OCO2. The average Bonchev–Trinajstić information content (AvgIpc) is 3.32. The van der Waals surface area contributed by atoms with Crippen LogP contribution in [0.25, 0.3) is 0 Å². The van der Waals surface area contributed by atoms with Crippen LogP contribution in [-0.2, 0) is 22.7 Å². The van der Waals surface area contributed by atoms with Gasteiger partial charge in [-0.1, -0.05) is 44.0 Å². The lowest BCUT2D eigenvalue weighted by molar-refractivity contribution is 0.139. The van der Waals surface area contributed by atoms with Crippen LogP contribution in [0.4, 0.5) is 0 Å². The molecule has 148 valence electrons. The fourth-order valence-electron chi connectivity index (χ4n) is 2.75. The third-order valence-corrected chi connectivity index (χ3v) is 5.67. The Morgan fingerprint density at radius 2 is 1.07 bits per heavy atom. The van der Waals surface area contributed by atoms with Gasteiger partial charge in [-0.25, -0.2) is 0 Å². The van der Waals surface area contributed by atoms with Gasteiger partial charge in [-0.2, -0.15) is 0 Å². The van der Waals surface area contributed by atoms with Gasteiger partial charge in [-0.05, 0) is 35.4 Å². The van der Waals surface area contributed by atoms with E-state index in [9.17, 15) is 0 Å². The van der Waals surface area contributed by atoms with Crippen LogP contribution in [0.15, 0.2) is 45.4 Å². The van der Waals surface area contributed by atoms with Crippen molar-refractivity contribution in [2.75, 3.05) is 26.8 Å². The summed E-state index contributed by atoms with van der Waals surface area (Å²) in [6.07, 6.45) is 3.88. The minimum absolute atomic E-state index is 0.262. The predicted molar refractivity (Wildman–Crippen MR) is 109 cm³/mol. The third kappa shape index (κ3) is 4.63. The van der Waals surface area contributed by atoms with Crippen LogP contribution >= 0.6 is 31.9 Å². The van der Waals surface area contributed by atoms with Gasteiger partial charge in [-0.3, -0.25) is 0 Å². The summed E-state index contributed by atoms with van der Waals surface area (Å²) in [6, 6.07) is 7.67. The Kier molecular flexibility index (Phi) is 6.41. The van der Waals surface area contributed by atoms with Gasteiger partial charge in [0.1, 0.15) is 0 Å². The monoisotopic (exact) mass is 512 g/mol. The van der Waals surface area contributed by atoms with Crippen LogP contribution in [0, 0.1) is 0 Å². The number of ether oxygens (including phenoxy) is 6. The summed E-state index contributed by atoms with van der Waals surface area (Å²) in [7, 11) is 0. The Labute approximate surface area is 179 Å². The molecule has 0 unspecified atom stereocenters. The quantitative estimate of drug-likeness (QED) is 0.367. The molecule has 0 bridgehead atoms. The molecule has 0 spiro atoms. The van der Waals surface area contributed by atoms with Crippen LogP contribution in [0.1, 0.15) is 11.1 Å². The van der Waals surface area contributed by atoms with Gasteiger partial charge in [0.15, 0.2) is 23.0 Å². The van der Waals surface area contributed by atoms with E-state index in [2.05, 4.69) is 31.9 Å². The lowest BCUT2D eigenvalue weighted by Gasteiger charge is -2.07. The van der Waals surface area contributed by atoms with E-state index in [1.165, 1.54) is 0 Å². The maximum absolute atomic E-state index is 5.69. The molecular weight excluding hydrogens is 496 g/mol. The van der Waals surface area contributed by atoms with Gasteiger partial charge in [0.2, 0.25) is 13.6 Å². The van der Waals surface area contributed by atoms with E-state index in [0.29, 0.717) is 26.4 Å². The third-order valence-electron chi connectivity index (χ3n) is 4.19. The van der Waals surface area contributed by atoms with Crippen LogP contribution in [-0.4, -0.2) is 26.8 Å². The van der Waals surface area contributed by atoms with Crippen molar-refractivity contribution in [3.05, 3.63) is 56.5 Å². The Bertz CT molecular complexity index is 812. The van der Waals surface area contributed by atoms with Crippen molar-refractivity contribution >= 4 is 31.9 Å². The van der Waals surface area contributed by atoms with E-state index in [1.807, 2.05) is 36.4 Å². The second-order valence-corrected chi connectivity index (χ2v) is 7.80. The van der Waals surface area contributed by atoms with Crippen LogP contribution in [0.2, 0.25) is 0 Å². The molecule has 0 amide bonds. The summed E-state index contributed by atoms with van der Waals surface area (Å²) in [5.41, 5.74) is 2.03. The highest BCUT2D eigenvalue weighted by Crippen LogP contribution is 2.38. The van der Waals surface area contributed by atoms with Crippen molar-refractivity contribution in [1.82, 2.24) is 0 Å². The highest BCUT2D eigenvalue weighted by atomic mass is 79.9. The van der Waals surface area contributed by atoms with Crippen molar-refractivity contribution in [3.63, 3.8) is 0 Å². The van der Waals surface area contributed by atoms with Gasteiger partial charge in [-0.15, -0.1) is 0 Å². The number of fused-ring (bicyclic) bond motifs is 2. The highest BCUT2D eigenvalue weighted by Gasteiger charge is 2.17. The molecule has 0 fully saturated rings. The Hall–Kier alpha value is -1.74. The van der Waals surface area contributed by atoms with E-state index in [4.69, 9.17) is 28.4 Å². The summed E-state index contributed by atoms with van der Waals surface area (Å²) in [6.45, 7) is 2.48. The first kappa shape index (κ1) is 19.6. The predicted octanol–water partition coefficient (Wildman–Crippen LogP) is 4.96.